The fourth-order valence-corrected chi connectivity index (χ4v) is 2.10. The third-order valence-electron chi connectivity index (χ3n) is 3.25. The minimum Gasteiger partial charge on any atom is -0.482 e. The van der Waals surface area contributed by atoms with E-state index in [0.717, 1.165) is 0 Å². The Labute approximate surface area is 116 Å². The number of rotatable bonds is 4. The molecule has 0 saturated carbocycles. The summed E-state index contributed by atoms with van der Waals surface area (Å²) in [5.41, 5.74) is 0.366. The maximum atomic E-state index is 11.9. The number of carboxylic acids is 1. The fraction of sp³-hybridized carbons (Fsp3) is 0.357. The molecule has 1 saturated heterocycles. The molecule has 1 heterocycles. The Balaban J connectivity index is 1.90. The van der Waals surface area contributed by atoms with Crippen molar-refractivity contribution in [1.29, 1.82) is 5.26 Å². The first-order valence-electron chi connectivity index (χ1n) is 6.24. The second-order valence-electron chi connectivity index (χ2n) is 4.56. The van der Waals surface area contributed by atoms with Crippen molar-refractivity contribution in [2.45, 2.75) is 6.42 Å². The fourth-order valence-electron chi connectivity index (χ4n) is 2.10. The number of ether oxygens (including phenoxy) is 1. The van der Waals surface area contributed by atoms with Crippen molar-refractivity contribution < 1.29 is 19.4 Å². The number of carboxylic acid groups (broad SMARTS) is 1. The molecule has 0 radical (unpaired) electrons. The average molecular weight is 274 g/mol. The number of benzene rings is 1. The SMILES string of the molecule is N#Cc1ccccc1OCC(=O)N1CCC(C(=O)O)C1. The lowest BCUT2D eigenvalue weighted by molar-refractivity contribution is -0.141. The van der Waals surface area contributed by atoms with Crippen LogP contribution in [-0.4, -0.2) is 41.6 Å². The molecule has 0 spiro atoms. The van der Waals surface area contributed by atoms with E-state index >= 15 is 0 Å². The standard InChI is InChI=1S/C14H14N2O4/c15-7-10-3-1-2-4-12(10)20-9-13(17)16-6-5-11(8-16)14(18)19/h1-4,11H,5-6,8-9H2,(H,18,19). The summed E-state index contributed by atoms with van der Waals surface area (Å²) in [5.74, 6) is -1.28. The maximum absolute atomic E-state index is 11.9. The summed E-state index contributed by atoms with van der Waals surface area (Å²) in [4.78, 5) is 24.2. The van der Waals surface area contributed by atoms with E-state index in [1.165, 1.54) is 4.90 Å². The zero-order valence-electron chi connectivity index (χ0n) is 10.8. The van der Waals surface area contributed by atoms with Gasteiger partial charge in [-0.1, -0.05) is 12.1 Å². The summed E-state index contributed by atoms with van der Waals surface area (Å²) in [6.07, 6.45) is 0.468. The molecular formula is C14H14N2O4. The van der Waals surface area contributed by atoms with Gasteiger partial charge >= 0.3 is 5.97 Å². The van der Waals surface area contributed by atoms with Crippen molar-refractivity contribution in [2.75, 3.05) is 19.7 Å². The molecule has 1 amide bonds. The Bertz CT molecular complexity index is 565. The molecule has 1 aromatic carbocycles. The van der Waals surface area contributed by atoms with Crippen LogP contribution in [0.15, 0.2) is 24.3 Å². The van der Waals surface area contributed by atoms with E-state index in [0.29, 0.717) is 24.3 Å². The smallest absolute Gasteiger partial charge is 0.308 e. The van der Waals surface area contributed by atoms with Crippen LogP contribution in [0.5, 0.6) is 5.75 Å². The van der Waals surface area contributed by atoms with Crippen LogP contribution < -0.4 is 4.74 Å². The van der Waals surface area contributed by atoms with Crippen LogP contribution in [-0.2, 0) is 9.59 Å². The summed E-state index contributed by atoms with van der Waals surface area (Å²) < 4.78 is 5.34. The molecule has 1 atom stereocenters. The van der Waals surface area contributed by atoms with Crippen LogP contribution in [0.25, 0.3) is 0 Å². The van der Waals surface area contributed by atoms with Gasteiger partial charge in [0.15, 0.2) is 6.61 Å². The number of nitriles is 1. The highest BCUT2D eigenvalue weighted by Gasteiger charge is 2.30. The van der Waals surface area contributed by atoms with Gasteiger partial charge < -0.3 is 14.7 Å². The Morgan fingerprint density at radius 2 is 2.20 bits per heavy atom. The van der Waals surface area contributed by atoms with Crippen molar-refractivity contribution >= 4 is 11.9 Å². The molecule has 104 valence electrons. The molecule has 1 aliphatic heterocycles. The Hall–Kier alpha value is -2.55. The number of likely N-dealkylation sites (tertiary alicyclic amines) is 1. The zero-order valence-corrected chi connectivity index (χ0v) is 10.8. The molecule has 0 aliphatic carbocycles. The van der Waals surface area contributed by atoms with E-state index in [4.69, 9.17) is 15.1 Å². The topological polar surface area (TPSA) is 90.6 Å². The molecule has 1 fully saturated rings. The number of aliphatic carboxylic acids is 1. The molecule has 20 heavy (non-hydrogen) atoms. The highest BCUT2D eigenvalue weighted by atomic mass is 16.5. The van der Waals surface area contributed by atoms with E-state index in [-0.39, 0.29) is 19.1 Å². The van der Waals surface area contributed by atoms with Gasteiger partial charge in [-0.05, 0) is 18.6 Å². The second kappa shape index (κ2) is 6.06. The largest absolute Gasteiger partial charge is 0.482 e. The van der Waals surface area contributed by atoms with Gasteiger partial charge in [0.25, 0.3) is 5.91 Å². The van der Waals surface area contributed by atoms with Crippen LogP contribution >= 0.6 is 0 Å². The lowest BCUT2D eigenvalue weighted by atomic mass is 10.1. The molecule has 1 unspecified atom stereocenters. The van der Waals surface area contributed by atoms with Crippen LogP contribution in [0.3, 0.4) is 0 Å². The number of amides is 1. The molecule has 1 N–H and O–H groups in total. The molecule has 0 bridgehead atoms. The van der Waals surface area contributed by atoms with Gasteiger partial charge in [0.2, 0.25) is 0 Å². The first-order chi connectivity index (χ1) is 9.61. The molecule has 1 aromatic rings. The monoisotopic (exact) mass is 274 g/mol. The summed E-state index contributed by atoms with van der Waals surface area (Å²) in [7, 11) is 0. The van der Waals surface area contributed by atoms with Crippen molar-refractivity contribution in [3.05, 3.63) is 29.8 Å². The normalized spacial score (nSPS) is 17.6. The number of hydrogen-bond acceptors (Lipinski definition) is 4. The molecule has 2 rings (SSSR count). The third-order valence-corrected chi connectivity index (χ3v) is 3.25. The van der Waals surface area contributed by atoms with Crippen molar-refractivity contribution in [1.82, 2.24) is 4.90 Å². The lowest BCUT2D eigenvalue weighted by Gasteiger charge is -2.16. The second-order valence-corrected chi connectivity index (χ2v) is 4.56. The van der Waals surface area contributed by atoms with Gasteiger partial charge in [0, 0.05) is 13.1 Å². The number of nitrogens with zero attached hydrogens (tertiary/aromatic N) is 2. The van der Waals surface area contributed by atoms with Gasteiger partial charge in [-0.25, -0.2) is 0 Å². The van der Waals surface area contributed by atoms with Crippen LogP contribution in [0.2, 0.25) is 0 Å². The first-order valence-corrected chi connectivity index (χ1v) is 6.24. The molecule has 0 aromatic heterocycles. The predicted octanol–water partition coefficient (Wildman–Crippen LogP) is 0.870. The number of hydrogen-bond donors (Lipinski definition) is 1. The number of para-hydroxylation sites is 1. The minimum absolute atomic E-state index is 0.189. The lowest BCUT2D eigenvalue weighted by Crippen LogP contribution is -2.33. The minimum atomic E-state index is -0.879. The third kappa shape index (κ3) is 3.06. The van der Waals surface area contributed by atoms with Gasteiger partial charge in [0.1, 0.15) is 11.8 Å². The molecule has 6 heteroatoms. The Kier molecular flexibility index (Phi) is 4.20. The van der Waals surface area contributed by atoms with Crippen molar-refractivity contribution in [3.63, 3.8) is 0 Å². The van der Waals surface area contributed by atoms with Gasteiger partial charge in [-0.2, -0.15) is 5.26 Å². The Morgan fingerprint density at radius 1 is 1.45 bits per heavy atom. The van der Waals surface area contributed by atoms with Crippen LogP contribution in [0, 0.1) is 17.2 Å². The van der Waals surface area contributed by atoms with E-state index in [9.17, 15) is 9.59 Å². The number of carbonyl (C=O) groups excluding carboxylic acids is 1. The predicted molar refractivity (Wildman–Crippen MR) is 69.0 cm³/mol. The van der Waals surface area contributed by atoms with E-state index < -0.39 is 11.9 Å². The summed E-state index contributed by atoms with van der Waals surface area (Å²) >= 11 is 0. The highest BCUT2D eigenvalue weighted by molar-refractivity contribution is 5.80. The van der Waals surface area contributed by atoms with E-state index in [1.54, 1.807) is 24.3 Å². The number of carbonyl (C=O) groups is 2. The Morgan fingerprint density at radius 3 is 2.85 bits per heavy atom. The summed E-state index contributed by atoms with van der Waals surface area (Å²) in [6.45, 7) is 0.460. The summed E-state index contributed by atoms with van der Waals surface area (Å²) in [6, 6.07) is 8.64. The van der Waals surface area contributed by atoms with Crippen LogP contribution in [0.1, 0.15) is 12.0 Å². The van der Waals surface area contributed by atoms with Gasteiger partial charge in [-0.15, -0.1) is 0 Å². The highest BCUT2D eigenvalue weighted by Crippen LogP contribution is 2.19. The van der Waals surface area contributed by atoms with E-state index in [1.807, 2.05) is 6.07 Å². The molecule has 6 nitrogen and oxygen atoms in total. The van der Waals surface area contributed by atoms with Crippen molar-refractivity contribution in [2.24, 2.45) is 5.92 Å². The van der Waals surface area contributed by atoms with Crippen molar-refractivity contribution in [3.8, 4) is 11.8 Å². The molecule has 1 aliphatic rings. The van der Waals surface area contributed by atoms with Gasteiger partial charge in [-0.3, -0.25) is 9.59 Å². The zero-order chi connectivity index (χ0) is 14.5. The van der Waals surface area contributed by atoms with Gasteiger partial charge in [0.05, 0.1) is 11.5 Å². The summed E-state index contributed by atoms with van der Waals surface area (Å²) in [5, 5.41) is 17.8. The quantitative estimate of drug-likeness (QED) is 0.879. The van der Waals surface area contributed by atoms with E-state index in [2.05, 4.69) is 0 Å². The molecular weight excluding hydrogens is 260 g/mol. The average Bonchev–Trinajstić information content (AvgIpc) is 2.95. The first kappa shape index (κ1) is 13.9. The van der Waals surface area contributed by atoms with Crippen LogP contribution in [0.4, 0.5) is 0 Å². The maximum Gasteiger partial charge on any atom is 0.308 e.